The highest BCUT2D eigenvalue weighted by Crippen LogP contribution is 2.53. The lowest BCUT2D eigenvalue weighted by atomic mass is 9.33. The van der Waals surface area contributed by atoms with E-state index in [1.807, 2.05) is 11.3 Å². The summed E-state index contributed by atoms with van der Waals surface area (Å²) in [6.07, 6.45) is 0. The van der Waals surface area contributed by atoms with Gasteiger partial charge in [-0.1, -0.05) is 256 Å². The van der Waals surface area contributed by atoms with Crippen LogP contribution in [0.4, 0.5) is 34.1 Å². The molecule has 2 aliphatic heterocycles. The third kappa shape index (κ3) is 9.84. The van der Waals surface area contributed by atoms with E-state index in [1.54, 1.807) is 0 Å². The summed E-state index contributed by atoms with van der Waals surface area (Å²) < 4.78 is 5.13. The van der Waals surface area contributed by atoms with E-state index < -0.39 is 0 Å². The van der Waals surface area contributed by atoms with Crippen LogP contribution in [0.2, 0.25) is 0 Å². The Morgan fingerprint density at radius 2 is 0.714 bits per heavy atom. The van der Waals surface area contributed by atoms with Gasteiger partial charge in [0.2, 0.25) is 0 Å². The van der Waals surface area contributed by atoms with Crippen molar-refractivity contribution in [3.05, 3.63) is 252 Å². The van der Waals surface area contributed by atoms with Gasteiger partial charge in [0.1, 0.15) is 0 Å². The van der Waals surface area contributed by atoms with Gasteiger partial charge in [-0.3, -0.25) is 0 Å². The van der Waals surface area contributed by atoms with Gasteiger partial charge in [0.15, 0.2) is 0 Å². The van der Waals surface area contributed by atoms with Crippen molar-refractivity contribution in [3.63, 3.8) is 0 Å². The second-order valence-corrected chi connectivity index (χ2v) is 32.2. The molecule has 0 radical (unpaired) electrons. The number of aromatic nitrogens is 1. The van der Waals surface area contributed by atoms with Crippen molar-refractivity contribution in [3.8, 4) is 39.1 Å². The third-order valence-corrected chi connectivity index (χ3v) is 20.8. The molecule has 0 saturated heterocycles. The number of fused-ring (bicyclic) bond motifs is 10. The number of para-hydroxylation sites is 3. The van der Waals surface area contributed by atoms with Gasteiger partial charge in [-0.05, 0) is 166 Å². The first-order chi connectivity index (χ1) is 43.3. The molecule has 0 atom stereocenters. The van der Waals surface area contributed by atoms with Crippen LogP contribution in [-0.2, 0) is 27.1 Å². The summed E-state index contributed by atoms with van der Waals surface area (Å²) in [5.74, 6) is 0. The molecule has 5 heteroatoms. The predicted octanol–water partition coefficient (Wildman–Crippen LogP) is 22.7. The van der Waals surface area contributed by atoms with E-state index >= 15 is 0 Å². The van der Waals surface area contributed by atoms with Crippen LogP contribution in [0.3, 0.4) is 0 Å². The molecule has 13 aromatic rings. The second kappa shape index (κ2) is 20.8. The Hall–Kier alpha value is -8.90. The summed E-state index contributed by atoms with van der Waals surface area (Å²) in [5.41, 5.74) is 28.0. The molecule has 0 bridgehead atoms. The minimum absolute atomic E-state index is 0.0696. The van der Waals surface area contributed by atoms with E-state index in [9.17, 15) is 0 Å². The zero-order chi connectivity index (χ0) is 63.4. The Balaban J connectivity index is 1.09. The molecule has 11 aromatic carbocycles. The van der Waals surface area contributed by atoms with Crippen molar-refractivity contribution in [2.75, 3.05) is 9.80 Å². The van der Waals surface area contributed by atoms with Crippen LogP contribution in [-0.4, -0.2) is 11.3 Å². The van der Waals surface area contributed by atoms with Gasteiger partial charge in [-0.15, -0.1) is 11.3 Å². The van der Waals surface area contributed by atoms with Crippen LogP contribution in [0.25, 0.3) is 81.0 Å². The minimum Gasteiger partial charge on any atom is -0.311 e. The number of benzene rings is 11. The lowest BCUT2D eigenvalue weighted by Crippen LogP contribution is -2.61. The minimum atomic E-state index is -0.232. The molecule has 3 nitrogen and oxygen atoms in total. The van der Waals surface area contributed by atoms with Crippen molar-refractivity contribution < 1.29 is 0 Å². The van der Waals surface area contributed by atoms with Gasteiger partial charge < -0.3 is 14.4 Å². The maximum Gasteiger partial charge on any atom is 0.252 e. The summed E-state index contributed by atoms with van der Waals surface area (Å²) in [6, 6.07) is 87.0. The van der Waals surface area contributed by atoms with Crippen LogP contribution < -0.4 is 26.2 Å². The van der Waals surface area contributed by atoms with Crippen LogP contribution >= 0.6 is 11.3 Å². The Morgan fingerprint density at radius 3 is 1.24 bits per heavy atom. The molecule has 2 aliphatic rings. The van der Waals surface area contributed by atoms with E-state index in [2.05, 4.69) is 343 Å². The van der Waals surface area contributed by atoms with E-state index in [1.165, 1.54) is 148 Å². The molecular formula is C86H82BN3S. The average Bonchev–Trinajstić information content (AvgIpc) is 0.941. The first-order valence-electron chi connectivity index (χ1n) is 32.8. The Labute approximate surface area is 543 Å². The summed E-state index contributed by atoms with van der Waals surface area (Å²) in [6.45, 7) is 35.3. The molecule has 15 rings (SSSR count). The molecule has 0 aliphatic carbocycles. The number of rotatable bonds is 6. The molecule has 91 heavy (non-hydrogen) atoms. The molecule has 4 heterocycles. The maximum atomic E-state index is 2.70. The van der Waals surface area contributed by atoms with Crippen molar-refractivity contribution >= 4 is 111 Å². The van der Waals surface area contributed by atoms with E-state index in [4.69, 9.17) is 0 Å². The topological polar surface area (TPSA) is 11.4 Å². The lowest BCUT2D eigenvalue weighted by molar-refractivity contribution is 0.568. The fourth-order valence-corrected chi connectivity index (χ4v) is 15.6. The number of hydrogen-bond acceptors (Lipinski definition) is 3. The number of nitrogens with zero attached hydrogens (tertiary/aromatic N) is 3. The molecule has 2 aromatic heterocycles. The SMILES string of the molecule is CC(C)(C)c1cc(-c2ccccc2N2c3cc4c(cc3B3c5cc6c(cc5N(c5ccccc5-c5cc(C(C)(C)C)cc(C(C)(C)C)c5)c5cc(C(C)(C)C)cc2c53)c2ccccc2n6-c2ccc(-c3ccccc3)cc2)sc2ccccc24)cc(C(C)(C)C)c1. The van der Waals surface area contributed by atoms with Gasteiger partial charge in [-0.25, -0.2) is 0 Å². The van der Waals surface area contributed by atoms with Crippen LogP contribution in [0.15, 0.2) is 224 Å². The number of hydrogen-bond donors (Lipinski definition) is 0. The molecule has 0 saturated carbocycles. The standard InChI is InChI=1S/C86H82BN3S/c1-82(2,3)57-41-55(42-58(45-57)83(4,5)6)63-29-19-23-33-71(63)89-75-49-67-65-31-21-25-35-73(65)88(62-39-37-54(38-40-62)53-27-17-16-18-28-53)74(67)51-69(75)87-70-52-80-68(66-32-22-26-36-79(66)91-80)50-76(70)90(78-48-61(86(13,14)15)47-77(89)81(78)87)72-34-24-20-30-64(72)56-43-59(84(7,8)9)46-60(44-56)85(10,11)12/h16-52H,1-15H3. The van der Waals surface area contributed by atoms with Crippen molar-refractivity contribution in [1.29, 1.82) is 0 Å². The highest BCUT2D eigenvalue weighted by atomic mass is 32.1. The summed E-state index contributed by atoms with van der Waals surface area (Å²) in [4.78, 5) is 5.40. The summed E-state index contributed by atoms with van der Waals surface area (Å²) in [5, 5.41) is 5.04. The predicted molar refractivity (Wildman–Crippen MR) is 398 cm³/mol. The highest BCUT2D eigenvalue weighted by molar-refractivity contribution is 7.26. The lowest BCUT2D eigenvalue weighted by Gasteiger charge is -2.46. The second-order valence-electron chi connectivity index (χ2n) is 31.1. The van der Waals surface area contributed by atoms with Crippen molar-refractivity contribution in [1.82, 2.24) is 4.57 Å². The van der Waals surface area contributed by atoms with Crippen LogP contribution in [0.1, 0.15) is 132 Å². The van der Waals surface area contributed by atoms with Gasteiger partial charge in [-0.2, -0.15) is 0 Å². The average molecular weight is 1200 g/mol. The normalized spacial score (nSPS) is 13.6. The fourth-order valence-electron chi connectivity index (χ4n) is 14.5. The number of thiophene rings is 1. The zero-order valence-electron chi connectivity index (χ0n) is 55.7. The van der Waals surface area contributed by atoms with Gasteiger partial charge in [0.05, 0.1) is 22.4 Å². The number of anilines is 6. The van der Waals surface area contributed by atoms with E-state index in [0.717, 1.165) is 11.4 Å². The third-order valence-electron chi connectivity index (χ3n) is 19.7. The Bertz CT molecular complexity index is 5000. The van der Waals surface area contributed by atoms with Crippen LogP contribution in [0, 0.1) is 0 Å². The first-order valence-corrected chi connectivity index (χ1v) is 33.6. The Morgan fingerprint density at radius 1 is 0.286 bits per heavy atom. The Kier molecular flexibility index (Phi) is 13.4. The van der Waals surface area contributed by atoms with Gasteiger partial charge >= 0.3 is 0 Å². The van der Waals surface area contributed by atoms with Crippen molar-refractivity contribution in [2.45, 2.75) is 131 Å². The van der Waals surface area contributed by atoms with E-state index in [-0.39, 0.29) is 33.8 Å². The highest BCUT2D eigenvalue weighted by Gasteiger charge is 2.46. The monoisotopic (exact) mass is 1200 g/mol. The summed E-state index contributed by atoms with van der Waals surface area (Å²) in [7, 11) is 0. The largest absolute Gasteiger partial charge is 0.311 e. The van der Waals surface area contributed by atoms with Gasteiger partial charge in [0, 0.05) is 70.5 Å². The molecular weight excluding hydrogens is 1120 g/mol. The molecule has 0 fully saturated rings. The smallest absolute Gasteiger partial charge is 0.252 e. The molecule has 0 spiro atoms. The first kappa shape index (κ1) is 58.5. The van der Waals surface area contributed by atoms with Gasteiger partial charge in [0.25, 0.3) is 6.71 Å². The maximum absolute atomic E-state index is 2.70. The molecule has 0 amide bonds. The molecule has 0 unspecified atom stereocenters. The summed E-state index contributed by atoms with van der Waals surface area (Å²) >= 11 is 1.92. The zero-order valence-corrected chi connectivity index (χ0v) is 56.5. The fraction of sp³-hybridized carbons (Fsp3) is 0.233. The molecule has 450 valence electrons. The molecule has 0 N–H and O–H groups in total. The van der Waals surface area contributed by atoms with E-state index in [0.29, 0.717) is 0 Å². The quantitative estimate of drug-likeness (QED) is 0.154. The van der Waals surface area contributed by atoms with Crippen molar-refractivity contribution in [2.24, 2.45) is 0 Å². The van der Waals surface area contributed by atoms with Crippen LogP contribution in [0.5, 0.6) is 0 Å².